The summed E-state index contributed by atoms with van der Waals surface area (Å²) in [5.41, 5.74) is 0.373. The van der Waals surface area contributed by atoms with Gasteiger partial charge in [-0.05, 0) is 24.3 Å². The van der Waals surface area contributed by atoms with Crippen LogP contribution in [0.15, 0.2) is 36.4 Å². The van der Waals surface area contributed by atoms with E-state index < -0.39 is 17.5 Å². The molecule has 0 N–H and O–H groups in total. The molecule has 2 amide bonds. The SMILES string of the molecule is COc1cc(OC)cc(C(=O)N2CCN(C(=O)c3cc(F)cc(F)c3)CC2)c1. The number of rotatable bonds is 4. The zero-order chi connectivity index (χ0) is 20.3. The molecule has 0 spiro atoms. The molecule has 28 heavy (non-hydrogen) atoms. The monoisotopic (exact) mass is 390 g/mol. The Morgan fingerprint density at radius 2 is 1.11 bits per heavy atom. The molecule has 0 atom stereocenters. The fourth-order valence-corrected chi connectivity index (χ4v) is 3.09. The second-order valence-corrected chi connectivity index (χ2v) is 6.34. The summed E-state index contributed by atoms with van der Waals surface area (Å²) >= 11 is 0. The van der Waals surface area contributed by atoms with Gasteiger partial charge in [0.05, 0.1) is 14.2 Å². The average Bonchev–Trinajstić information content (AvgIpc) is 2.71. The van der Waals surface area contributed by atoms with Gasteiger partial charge in [0.2, 0.25) is 0 Å². The first-order valence-corrected chi connectivity index (χ1v) is 8.69. The van der Waals surface area contributed by atoms with E-state index >= 15 is 0 Å². The van der Waals surface area contributed by atoms with Crippen molar-refractivity contribution < 1.29 is 27.8 Å². The summed E-state index contributed by atoms with van der Waals surface area (Å²) in [5, 5.41) is 0. The predicted molar refractivity (Wildman–Crippen MR) is 97.7 cm³/mol. The van der Waals surface area contributed by atoms with Gasteiger partial charge in [0.25, 0.3) is 11.8 Å². The van der Waals surface area contributed by atoms with E-state index in [0.29, 0.717) is 30.2 Å². The van der Waals surface area contributed by atoms with Gasteiger partial charge in [0.1, 0.15) is 23.1 Å². The molecule has 6 nitrogen and oxygen atoms in total. The smallest absolute Gasteiger partial charge is 0.254 e. The lowest BCUT2D eigenvalue weighted by molar-refractivity contribution is 0.0534. The fourth-order valence-electron chi connectivity index (χ4n) is 3.09. The van der Waals surface area contributed by atoms with E-state index in [1.807, 2.05) is 0 Å². The number of amides is 2. The molecule has 1 fully saturated rings. The van der Waals surface area contributed by atoms with Crippen LogP contribution in [0.2, 0.25) is 0 Å². The number of ether oxygens (including phenoxy) is 2. The molecule has 0 aromatic heterocycles. The van der Waals surface area contributed by atoms with Crippen molar-refractivity contribution in [3.8, 4) is 11.5 Å². The third-order valence-electron chi connectivity index (χ3n) is 4.56. The van der Waals surface area contributed by atoms with Gasteiger partial charge in [-0.25, -0.2) is 8.78 Å². The fraction of sp³-hybridized carbons (Fsp3) is 0.300. The van der Waals surface area contributed by atoms with Crippen LogP contribution in [0.4, 0.5) is 8.78 Å². The van der Waals surface area contributed by atoms with Crippen molar-refractivity contribution in [2.45, 2.75) is 0 Å². The van der Waals surface area contributed by atoms with Gasteiger partial charge in [-0.2, -0.15) is 0 Å². The number of methoxy groups -OCH3 is 2. The van der Waals surface area contributed by atoms with E-state index in [-0.39, 0.29) is 24.6 Å². The molecule has 1 aliphatic heterocycles. The van der Waals surface area contributed by atoms with Crippen LogP contribution in [-0.2, 0) is 0 Å². The van der Waals surface area contributed by atoms with Crippen molar-refractivity contribution in [3.05, 3.63) is 59.2 Å². The van der Waals surface area contributed by atoms with Crippen LogP contribution in [0, 0.1) is 11.6 Å². The highest BCUT2D eigenvalue weighted by molar-refractivity contribution is 5.96. The average molecular weight is 390 g/mol. The van der Waals surface area contributed by atoms with E-state index in [1.165, 1.54) is 19.1 Å². The third-order valence-corrected chi connectivity index (χ3v) is 4.56. The maximum atomic E-state index is 13.4. The molecular weight excluding hydrogens is 370 g/mol. The van der Waals surface area contributed by atoms with E-state index in [4.69, 9.17) is 9.47 Å². The molecule has 0 unspecified atom stereocenters. The highest BCUT2D eigenvalue weighted by Gasteiger charge is 2.26. The predicted octanol–water partition coefficient (Wildman–Crippen LogP) is 2.58. The normalized spacial score (nSPS) is 14.0. The number of benzene rings is 2. The van der Waals surface area contributed by atoms with E-state index in [1.54, 1.807) is 23.1 Å². The quantitative estimate of drug-likeness (QED) is 0.805. The molecule has 0 saturated carbocycles. The van der Waals surface area contributed by atoms with Crippen molar-refractivity contribution in [2.24, 2.45) is 0 Å². The summed E-state index contributed by atoms with van der Waals surface area (Å²) < 4.78 is 37.1. The minimum Gasteiger partial charge on any atom is -0.497 e. The number of piperazine rings is 1. The zero-order valence-corrected chi connectivity index (χ0v) is 15.6. The number of hydrogen-bond acceptors (Lipinski definition) is 4. The maximum Gasteiger partial charge on any atom is 0.254 e. The highest BCUT2D eigenvalue weighted by Crippen LogP contribution is 2.24. The Bertz CT molecular complexity index is 853. The van der Waals surface area contributed by atoms with Crippen molar-refractivity contribution in [3.63, 3.8) is 0 Å². The van der Waals surface area contributed by atoms with E-state index in [9.17, 15) is 18.4 Å². The van der Waals surface area contributed by atoms with Crippen LogP contribution < -0.4 is 9.47 Å². The van der Waals surface area contributed by atoms with Crippen molar-refractivity contribution in [1.29, 1.82) is 0 Å². The molecule has 1 saturated heterocycles. The summed E-state index contributed by atoms with van der Waals surface area (Å²) in [6.45, 7) is 1.15. The second kappa shape index (κ2) is 8.24. The van der Waals surface area contributed by atoms with Gasteiger partial charge >= 0.3 is 0 Å². The van der Waals surface area contributed by atoms with Crippen LogP contribution in [0.1, 0.15) is 20.7 Å². The Morgan fingerprint density at radius 1 is 0.714 bits per heavy atom. The molecule has 1 heterocycles. The maximum absolute atomic E-state index is 13.4. The third kappa shape index (κ3) is 4.21. The van der Waals surface area contributed by atoms with Gasteiger partial charge in [0.15, 0.2) is 0 Å². The first kappa shape index (κ1) is 19.6. The molecule has 148 valence electrons. The molecule has 3 rings (SSSR count). The van der Waals surface area contributed by atoms with E-state index in [2.05, 4.69) is 0 Å². The minimum absolute atomic E-state index is 0.0465. The Balaban J connectivity index is 1.68. The minimum atomic E-state index is -0.802. The Kier molecular flexibility index (Phi) is 5.77. The molecule has 1 aliphatic rings. The lowest BCUT2D eigenvalue weighted by atomic mass is 10.1. The number of hydrogen-bond donors (Lipinski definition) is 0. The summed E-state index contributed by atoms with van der Waals surface area (Å²) in [4.78, 5) is 28.3. The molecule has 0 radical (unpaired) electrons. The van der Waals surface area contributed by atoms with Crippen LogP contribution in [0.25, 0.3) is 0 Å². The summed E-state index contributed by atoms with van der Waals surface area (Å²) in [6.07, 6.45) is 0. The van der Waals surface area contributed by atoms with Gasteiger partial charge < -0.3 is 19.3 Å². The van der Waals surface area contributed by atoms with Crippen LogP contribution in [0.3, 0.4) is 0 Å². The first-order valence-electron chi connectivity index (χ1n) is 8.69. The van der Waals surface area contributed by atoms with Crippen molar-refractivity contribution in [2.75, 3.05) is 40.4 Å². The van der Waals surface area contributed by atoms with Crippen molar-refractivity contribution in [1.82, 2.24) is 9.80 Å². The number of halogens is 2. The summed E-state index contributed by atoms with van der Waals surface area (Å²) in [6, 6.07) is 7.65. The lowest BCUT2D eigenvalue weighted by Gasteiger charge is -2.35. The van der Waals surface area contributed by atoms with Crippen LogP contribution in [0.5, 0.6) is 11.5 Å². The summed E-state index contributed by atoms with van der Waals surface area (Å²) in [7, 11) is 3.01. The number of carbonyl (C=O) groups excluding carboxylic acids is 2. The zero-order valence-electron chi connectivity index (χ0n) is 15.6. The van der Waals surface area contributed by atoms with Crippen molar-refractivity contribution >= 4 is 11.8 Å². The topological polar surface area (TPSA) is 59.1 Å². The van der Waals surface area contributed by atoms with Gasteiger partial charge in [-0.15, -0.1) is 0 Å². The second-order valence-electron chi connectivity index (χ2n) is 6.34. The number of nitrogens with zero attached hydrogens (tertiary/aromatic N) is 2. The Labute approximate surface area is 161 Å². The van der Waals surface area contributed by atoms with Gasteiger partial charge in [0, 0.05) is 49.4 Å². The molecular formula is C20H20F2N2O4. The molecule has 0 aliphatic carbocycles. The standard InChI is InChI=1S/C20H20F2N2O4/c1-27-17-9-14(10-18(12-17)28-2)20(26)24-5-3-23(4-6-24)19(25)13-7-15(21)11-16(22)8-13/h7-12H,3-6H2,1-2H3. The number of carbonyl (C=O) groups is 2. The summed E-state index contributed by atoms with van der Waals surface area (Å²) in [5.74, 6) is -1.27. The largest absolute Gasteiger partial charge is 0.497 e. The van der Waals surface area contributed by atoms with Crippen LogP contribution >= 0.6 is 0 Å². The van der Waals surface area contributed by atoms with E-state index in [0.717, 1.165) is 18.2 Å². The molecule has 2 aromatic rings. The van der Waals surface area contributed by atoms with Crippen LogP contribution in [-0.4, -0.2) is 62.0 Å². The molecule has 2 aromatic carbocycles. The first-order chi connectivity index (χ1) is 13.4. The van der Waals surface area contributed by atoms with Gasteiger partial charge in [-0.3, -0.25) is 9.59 Å². The Morgan fingerprint density at radius 3 is 1.50 bits per heavy atom. The molecule has 8 heteroatoms. The Hall–Kier alpha value is -3.16. The highest BCUT2D eigenvalue weighted by atomic mass is 19.1. The lowest BCUT2D eigenvalue weighted by Crippen LogP contribution is -2.50. The van der Waals surface area contributed by atoms with Gasteiger partial charge in [-0.1, -0.05) is 0 Å². The molecule has 0 bridgehead atoms.